The predicted octanol–water partition coefficient (Wildman–Crippen LogP) is 1.59. The molecule has 0 amide bonds. The highest BCUT2D eigenvalue weighted by atomic mass is 16.5. The third-order valence-corrected chi connectivity index (χ3v) is 4.41. The van der Waals surface area contributed by atoms with Gasteiger partial charge in [-0.15, -0.1) is 0 Å². The van der Waals surface area contributed by atoms with E-state index < -0.39 is 0 Å². The Morgan fingerprint density at radius 3 is 2.53 bits per heavy atom. The number of rotatable bonds is 5. The molecule has 4 unspecified atom stereocenters. The van der Waals surface area contributed by atoms with E-state index >= 15 is 0 Å². The summed E-state index contributed by atoms with van der Waals surface area (Å²) in [4.78, 5) is 2.63. The highest BCUT2D eigenvalue weighted by Gasteiger charge is 2.33. The van der Waals surface area contributed by atoms with Gasteiger partial charge in [0.1, 0.15) is 0 Å². The van der Waals surface area contributed by atoms with Gasteiger partial charge in [-0.1, -0.05) is 20.8 Å². The van der Waals surface area contributed by atoms with Gasteiger partial charge >= 0.3 is 0 Å². The average molecular weight is 240 g/mol. The fraction of sp³-hybridized carbons (Fsp3) is 1.00. The van der Waals surface area contributed by atoms with Crippen LogP contribution in [0.1, 0.15) is 27.2 Å². The molecule has 17 heavy (non-hydrogen) atoms. The summed E-state index contributed by atoms with van der Waals surface area (Å²) in [6.07, 6.45) is 1.21. The minimum Gasteiger partial charge on any atom is -0.379 e. The van der Waals surface area contributed by atoms with Crippen LogP contribution in [0, 0.1) is 17.8 Å². The molecule has 100 valence electrons. The third kappa shape index (κ3) is 3.43. The van der Waals surface area contributed by atoms with Gasteiger partial charge in [0.25, 0.3) is 0 Å². The van der Waals surface area contributed by atoms with Crippen LogP contribution in [-0.4, -0.2) is 50.3 Å². The predicted molar refractivity (Wildman–Crippen MR) is 71.2 cm³/mol. The van der Waals surface area contributed by atoms with Crippen molar-refractivity contribution in [3.8, 4) is 0 Å². The van der Waals surface area contributed by atoms with E-state index in [2.05, 4.69) is 31.0 Å². The van der Waals surface area contributed by atoms with Crippen LogP contribution in [0.3, 0.4) is 0 Å². The lowest BCUT2D eigenvalue weighted by atomic mass is 10.0. The molecule has 2 saturated heterocycles. The Labute approximate surface area is 106 Å². The lowest BCUT2D eigenvalue weighted by Gasteiger charge is -2.24. The number of hydrogen-bond acceptors (Lipinski definition) is 3. The normalized spacial score (nSPS) is 39.0. The molecule has 0 aliphatic carbocycles. The zero-order valence-electron chi connectivity index (χ0n) is 11.6. The molecule has 2 fully saturated rings. The molecule has 0 aromatic heterocycles. The first-order chi connectivity index (χ1) is 8.20. The van der Waals surface area contributed by atoms with Crippen LogP contribution in [-0.2, 0) is 4.74 Å². The maximum absolute atomic E-state index is 5.64. The van der Waals surface area contributed by atoms with E-state index in [9.17, 15) is 0 Å². The van der Waals surface area contributed by atoms with Gasteiger partial charge in [-0.3, -0.25) is 0 Å². The van der Waals surface area contributed by atoms with E-state index in [0.29, 0.717) is 12.0 Å². The molecule has 4 atom stereocenters. The topological polar surface area (TPSA) is 24.5 Å². The fourth-order valence-corrected chi connectivity index (χ4v) is 3.06. The van der Waals surface area contributed by atoms with E-state index in [1.807, 2.05) is 0 Å². The molecular weight excluding hydrogens is 212 g/mol. The van der Waals surface area contributed by atoms with Crippen LogP contribution in [0.4, 0.5) is 0 Å². The Balaban J connectivity index is 1.77. The molecule has 0 saturated carbocycles. The molecule has 2 aliphatic rings. The number of nitrogens with one attached hydrogen (secondary N) is 1. The number of nitrogens with zero attached hydrogens (tertiary/aromatic N) is 1. The summed E-state index contributed by atoms with van der Waals surface area (Å²) in [6.45, 7) is 13.7. The van der Waals surface area contributed by atoms with Gasteiger partial charge in [0, 0.05) is 31.6 Å². The van der Waals surface area contributed by atoms with Crippen molar-refractivity contribution in [1.82, 2.24) is 10.2 Å². The van der Waals surface area contributed by atoms with Crippen molar-refractivity contribution < 1.29 is 4.74 Å². The van der Waals surface area contributed by atoms with Gasteiger partial charge in [-0.25, -0.2) is 0 Å². The Morgan fingerprint density at radius 1 is 1.18 bits per heavy atom. The largest absolute Gasteiger partial charge is 0.379 e. The molecular formula is C14H28N2O. The molecule has 0 spiro atoms. The van der Waals surface area contributed by atoms with Gasteiger partial charge in [-0.2, -0.15) is 0 Å². The number of likely N-dealkylation sites (tertiary alicyclic amines) is 1. The number of hydrogen-bond donors (Lipinski definition) is 1. The third-order valence-electron chi connectivity index (χ3n) is 4.41. The van der Waals surface area contributed by atoms with Gasteiger partial charge in [-0.05, 0) is 24.8 Å². The van der Waals surface area contributed by atoms with E-state index in [1.165, 1.54) is 26.1 Å². The standard InChI is InChI=1S/C14H28N2O/c1-4-5-15-14-10-17-9-13(14)8-16-6-11(2)12(3)7-16/h11-15H,4-10H2,1-3H3. The summed E-state index contributed by atoms with van der Waals surface area (Å²) in [7, 11) is 0. The average Bonchev–Trinajstić information content (AvgIpc) is 2.85. The summed E-state index contributed by atoms with van der Waals surface area (Å²) in [5.41, 5.74) is 0. The quantitative estimate of drug-likeness (QED) is 0.790. The first-order valence-corrected chi connectivity index (χ1v) is 7.24. The summed E-state index contributed by atoms with van der Waals surface area (Å²) >= 11 is 0. The van der Waals surface area contributed by atoms with E-state index in [4.69, 9.17) is 4.74 Å². The van der Waals surface area contributed by atoms with Crippen LogP contribution in [0.2, 0.25) is 0 Å². The minimum atomic E-state index is 0.584. The van der Waals surface area contributed by atoms with Crippen molar-refractivity contribution in [2.75, 3.05) is 39.4 Å². The van der Waals surface area contributed by atoms with E-state index in [-0.39, 0.29) is 0 Å². The molecule has 3 heteroatoms. The van der Waals surface area contributed by atoms with Crippen molar-refractivity contribution >= 4 is 0 Å². The smallest absolute Gasteiger partial charge is 0.0623 e. The highest BCUT2D eigenvalue weighted by Crippen LogP contribution is 2.24. The molecule has 0 aromatic carbocycles. The Bertz CT molecular complexity index is 224. The highest BCUT2D eigenvalue weighted by molar-refractivity contribution is 4.87. The molecule has 3 nitrogen and oxygen atoms in total. The monoisotopic (exact) mass is 240 g/mol. The maximum Gasteiger partial charge on any atom is 0.0623 e. The first kappa shape index (κ1) is 13.3. The SMILES string of the molecule is CCCNC1COCC1CN1CC(C)C(C)C1. The van der Waals surface area contributed by atoms with Crippen LogP contribution >= 0.6 is 0 Å². The fourth-order valence-electron chi connectivity index (χ4n) is 3.06. The summed E-state index contributed by atoms with van der Waals surface area (Å²) in [6, 6.07) is 0.584. The van der Waals surface area contributed by atoms with Gasteiger partial charge in [0.05, 0.1) is 13.2 Å². The van der Waals surface area contributed by atoms with Gasteiger partial charge in [0.2, 0.25) is 0 Å². The molecule has 1 N–H and O–H groups in total. The molecule has 2 rings (SSSR count). The lowest BCUT2D eigenvalue weighted by molar-refractivity contribution is 0.172. The van der Waals surface area contributed by atoms with Crippen molar-refractivity contribution in [3.05, 3.63) is 0 Å². The second-order valence-corrected chi connectivity index (χ2v) is 6.03. The Hall–Kier alpha value is -0.120. The molecule has 0 bridgehead atoms. The second-order valence-electron chi connectivity index (χ2n) is 6.03. The van der Waals surface area contributed by atoms with Crippen molar-refractivity contribution in [1.29, 1.82) is 0 Å². The first-order valence-electron chi connectivity index (χ1n) is 7.24. The van der Waals surface area contributed by atoms with Gasteiger partial charge < -0.3 is 15.0 Å². The van der Waals surface area contributed by atoms with Crippen LogP contribution < -0.4 is 5.32 Å². The van der Waals surface area contributed by atoms with E-state index in [0.717, 1.165) is 31.6 Å². The number of ether oxygens (including phenoxy) is 1. The van der Waals surface area contributed by atoms with Crippen LogP contribution in [0.25, 0.3) is 0 Å². The van der Waals surface area contributed by atoms with Crippen molar-refractivity contribution in [3.63, 3.8) is 0 Å². The van der Waals surface area contributed by atoms with Crippen molar-refractivity contribution in [2.45, 2.75) is 33.2 Å². The van der Waals surface area contributed by atoms with Crippen LogP contribution in [0.5, 0.6) is 0 Å². The molecule has 0 radical (unpaired) electrons. The Morgan fingerprint density at radius 2 is 1.88 bits per heavy atom. The molecule has 2 heterocycles. The summed E-state index contributed by atoms with van der Waals surface area (Å²) in [5.74, 6) is 2.41. The van der Waals surface area contributed by atoms with Crippen molar-refractivity contribution in [2.24, 2.45) is 17.8 Å². The summed E-state index contributed by atoms with van der Waals surface area (Å²) in [5, 5.41) is 3.63. The second kappa shape index (κ2) is 6.17. The molecule has 2 aliphatic heterocycles. The zero-order valence-corrected chi connectivity index (χ0v) is 11.6. The Kier molecular flexibility index (Phi) is 4.83. The maximum atomic E-state index is 5.64. The zero-order chi connectivity index (χ0) is 12.3. The van der Waals surface area contributed by atoms with Gasteiger partial charge in [0.15, 0.2) is 0 Å². The minimum absolute atomic E-state index is 0.584. The van der Waals surface area contributed by atoms with Crippen LogP contribution in [0.15, 0.2) is 0 Å². The summed E-state index contributed by atoms with van der Waals surface area (Å²) < 4.78 is 5.64. The van der Waals surface area contributed by atoms with E-state index in [1.54, 1.807) is 0 Å². The lowest BCUT2D eigenvalue weighted by Crippen LogP contribution is -2.41. The molecule has 0 aromatic rings.